The minimum absolute atomic E-state index is 0.167. The van der Waals surface area contributed by atoms with Crippen LogP contribution in [0.3, 0.4) is 0 Å². The largest absolute Gasteiger partial charge is 0.300 e. The van der Waals surface area contributed by atoms with E-state index in [0.717, 1.165) is 19.3 Å². The van der Waals surface area contributed by atoms with Gasteiger partial charge in [0.25, 0.3) is 0 Å². The molecule has 2 heteroatoms. The summed E-state index contributed by atoms with van der Waals surface area (Å²) in [7, 11) is 0. The minimum atomic E-state index is 0.167. The lowest BCUT2D eigenvalue weighted by Crippen LogP contribution is -1.87. The fraction of sp³-hybridized carbons (Fsp3) is 0.625. The van der Waals surface area contributed by atoms with Crippen LogP contribution in [-0.4, -0.2) is 11.6 Å². The Morgan fingerprint density at radius 2 is 1.22 bits per heavy atom. The molecule has 0 radical (unpaired) electrons. The zero-order valence-corrected chi connectivity index (χ0v) is 12.8. The second kappa shape index (κ2) is 12.3. The molecule has 0 unspecified atom stereocenters. The van der Waals surface area contributed by atoms with Crippen molar-refractivity contribution in [2.45, 2.75) is 67.2 Å². The Balaban J connectivity index is 0. The van der Waals surface area contributed by atoms with Gasteiger partial charge in [-0.15, -0.1) is 0 Å². The maximum Gasteiger partial charge on any atom is 0.130 e. The van der Waals surface area contributed by atoms with Crippen LogP contribution < -0.4 is 0 Å². The summed E-state index contributed by atoms with van der Waals surface area (Å²) in [4.78, 5) is 20.1. The molecule has 0 amide bonds. The summed E-state index contributed by atoms with van der Waals surface area (Å²) in [6, 6.07) is 0. The zero-order valence-electron chi connectivity index (χ0n) is 12.8. The highest BCUT2D eigenvalue weighted by Crippen LogP contribution is 2.08. The summed E-state index contributed by atoms with van der Waals surface area (Å²) in [6.07, 6.45) is 8.24. The minimum Gasteiger partial charge on any atom is -0.300 e. The van der Waals surface area contributed by atoms with Crippen molar-refractivity contribution >= 4 is 11.6 Å². The van der Waals surface area contributed by atoms with Crippen molar-refractivity contribution < 1.29 is 9.59 Å². The number of allylic oxidation sites excluding steroid dienone is 4. The number of carbonyl (C=O) groups excluding carboxylic acids is 2. The molecule has 0 bridgehead atoms. The SMILES string of the molecule is CC(=O)CCC=C(C)CCC=C(C)C.CC(C)=O. The van der Waals surface area contributed by atoms with Crippen LogP contribution in [0.15, 0.2) is 23.3 Å². The maximum atomic E-state index is 10.7. The second-order valence-electron chi connectivity index (χ2n) is 5.02. The van der Waals surface area contributed by atoms with E-state index in [9.17, 15) is 9.59 Å². The van der Waals surface area contributed by atoms with E-state index >= 15 is 0 Å². The van der Waals surface area contributed by atoms with Gasteiger partial charge in [0.1, 0.15) is 11.6 Å². The van der Waals surface area contributed by atoms with Gasteiger partial charge in [-0.05, 0) is 60.8 Å². The smallest absolute Gasteiger partial charge is 0.130 e. The molecule has 0 saturated heterocycles. The van der Waals surface area contributed by atoms with Crippen molar-refractivity contribution in [1.82, 2.24) is 0 Å². The molecule has 0 aliphatic rings. The van der Waals surface area contributed by atoms with Gasteiger partial charge in [0.05, 0.1) is 0 Å². The molecule has 18 heavy (non-hydrogen) atoms. The van der Waals surface area contributed by atoms with Crippen LogP contribution in [0, 0.1) is 0 Å². The van der Waals surface area contributed by atoms with Crippen LogP contribution >= 0.6 is 0 Å². The van der Waals surface area contributed by atoms with Crippen LogP contribution in [0.2, 0.25) is 0 Å². The van der Waals surface area contributed by atoms with Crippen molar-refractivity contribution in [3.63, 3.8) is 0 Å². The molecule has 0 aromatic heterocycles. The van der Waals surface area contributed by atoms with E-state index in [1.54, 1.807) is 6.92 Å². The molecule has 0 atom stereocenters. The summed E-state index contributed by atoms with van der Waals surface area (Å²) in [5.74, 6) is 0.443. The molecule has 0 spiro atoms. The normalized spacial score (nSPS) is 10.2. The van der Waals surface area contributed by atoms with Crippen LogP contribution in [-0.2, 0) is 9.59 Å². The Morgan fingerprint density at radius 1 is 0.778 bits per heavy atom. The number of hydrogen-bond donors (Lipinski definition) is 0. The van der Waals surface area contributed by atoms with Gasteiger partial charge >= 0.3 is 0 Å². The first-order chi connectivity index (χ1) is 8.25. The first-order valence-corrected chi connectivity index (χ1v) is 6.51. The van der Waals surface area contributed by atoms with Gasteiger partial charge in [0.15, 0.2) is 0 Å². The topological polar surface area (TPSA) is 34.1 Å². The molecular weight excluding hydrogens is 224 g/mol. The first kappa shape index (κ1) is 19.2. The zero-order chi connectivity index (χ0) is 14.6. The summed E-state index contributed by atoms with van der Waals surface area (Å²) < 4.78 is 0. The fourth-order valence-electron chi connectivity index (χ4n) is 1.21. The Bertz CT molecular complexity index is 301. The van der Waals surface area contributed by atoms with E-state index < -0.39 is 0 Å². The van der Waals surface area contributed by atoms with E-state index in [4.69, 9.17) is 0 Å². The van der Waals surface area contributed by atoms with E-state index in [1.165, 1.54) is 25.0 Å². The molecule has 0 aliphatic carbocycles. The summed E-state index contributed by atoms with van der Waals surface area (Å²) >= 11 is 0. The quantitative estimate of drug-likeness (QED) is 0.645. The Kier molecular flexibility index (Phi) is 13.1. The van der Waals surface area contributed by atoms with Gasteiger partial charge in [-0.25, -0.2) is 0 Å². The molecule has 0 rings (SSSR count). The van der Waals surface area contributed by atoms with Crippen molar-refractivity contribution in [3.05, 3.63) is 23.3 Å². The highest BCUT2D eigenvalue weighted by molar-refractivity contribution is 5.75. The first-order valence-electron chi connectivity index (χ1n) is 6.51. The maximum absolute atomic E-state index is 10.7. The van der Waals surface area contributed by atoms with E-state index in [0.29, 0.717) is 6.42 Å². The standard InChI is InChI=1S/C13H22O.C3H6O/c1-11(2)7-5-8-12(3)9-6-10-13(4)14;1-3(2)4/h7,9H,5-6,8,10H2,1-4H3;1-2H3. The average Bonchev–Trinajstić information content (AvgIpc) is 2.15. The molecule has 0 aliphatic heterocycles. The molecule has 0 aromatic carbocycles. The molecule has 2 nitrogen and oxygen atoms in total. The molecule has 0 aromatic rings. The molecular formula is C16H28O2. The third kappa shape index (κ3) is 24.2. The molecule has 104 valence electrons. The summed E-state index contributed by atoms with van der Waals surface area (Å²) in [6.45, 7) is 11.1. The van der Waals surface area contributed by atoms with E-state index in [2.05, 4.69) is 32.9 Å². The molecule has 0 N–H and O–H groups in total. The van der Waals surface area contributed by atoms with Gasteiger partial charge in [-0.2, -0.15) is 0 Å². The van der Waals surface area contributed by atoms with Gasteiger partial charge < -0.3 is 9.59 Å². The van der Waals surface area contributed by atoms with E-state index in [-0.39, 0.29) is 11.6 Å². The Labute approximate surface area is 112 Å². The lowest BCUT2D eigenvalue weighted by atomic mass is 10.1. The lowest BCUT2D eigenvalue weighted by Gasteiger charge is -1.98. The number of Topliss-reactive ketones (excluding diaryl/α,β-unsaturated/α-hetero) is 2. The van der Waals surface area contributed by atoms with Crippen molar-refractivity contribution in [2.24, 2.45) is 0 Å². The molecule has 0 saturated carbocycles. The van der Waals surface area contributed by atoms with Crippen molar-refractivity contribution in [1.29, 1.82) is 0 Å². The van der Waals surface area contributed by atoms with Crippen LogP contribution in [0.25, 0.3) is 0 Å². The third-order valence-electron chi connectivity index (χ3n) is 2.08. The van der Waals surface area contributed by atoms with Crippen molar-refractivity contribution in [2.75, 3.05) is 0 Å². The monoisotopic (exact) mass is 252 g/mol. The second-order valence-corrected chi connectivity index (χ2v) is 5.02. The highest BCUT2D eigenvalue weighted by Gasteiger charge is 1.92. The van der Waals surface area contributed by atoms with Crippen molar-refractivity contribution in [3.8, 4) is 0 Å². The van der Waals surface area contributed by atoms with Gasteiger partial charge in [-0.1, -0.05) is 23.3 Å². The molecule has 0 fully saturated rings. The third-order valence-corrected chi connectivity index (χ3v) is 2.08. The number of carbonyl (C=O) groups is 2. The van der Waals surface area contributed by atoms with Gasteiger partial charge in [0, 0.05) is 6.42 Å². The van der Waals surface area contributed by atoms with Gasteiger partial charge in [-0.3, -0.25) is 0 Å². The van der Waals surface area contributed by atoms with E-state index in [1.807, 2.05) is 0 Å². The summed E-state index contributed by atoms with van der Waals surface area (Å²) in [5.41, 5.74) is 2.77. The van der Waals surface area contributed by atoms with Crippen LogP contribution in [0.4, 0.5) is 0 Å². The average molecular weight is 252 g/mol. The predicted octanol–water partition coefficient (Wildman–Crippen LogP) is 4.64. The Hall–Kier alpha value is -1.18. The number of rotatable bonds is 6. The summed E-state index contributed by atoms with van der Waals surface area (Å²) in [5, 5.41) is 0. The fourth-order valence-corrected chi connectivity index (χ4v) is 1.21. The van der Waals surface area contributed by atoms with Crippen LogP contribution in [0.1, 0.15) is 67.2 Å². The number of hydrogen-bond acceptors (Lipinski definition) is 2. The number of ketones is 2. The van der Waals surface area contributed by atoms with Crippen LogP contribution in [0.5, 0.6) is 0 Å². The molecule has 0 heterocycles. The van der Waals surface area contributed by atoms with Gasteiger partial charge in [0.2, 0.25) is 0 Å². The predicted molar refractivity (Wildman–Crippen MR) is 78.7 cm³/mol. The Morgan fingerprint density at radius 3 is 1.61 bits per heavy atom. The highest BCUT2D eigenvalue weighted by atomic mass is 16.1. The lowest BCUT2D eigenvalue weighted by molar-refractivity contribution is -0.117.